The maximum absolute atomic E-state index is 11.5. The van der Waals surface area contributed by atoms with E-state index in [0.717, 1.165) is 37.2 Å². The van der Waals surface area contributed by atoms with Crippen molar-refractivity contribution in [2.45, 2.75) is 38.6 Å². The average Bonchev–Trinajstić information content (AvgIpc) is 3.04. The first kappa shape index (κ1) is 20.2. The van der Waals surface area contributed by atoms with Gasteiger partial charge in [-0.15, -0.1) is 0 Å². The van der Waals surface area contributed by atoms with Crippen molar-refractivity contribution in [3.05, 3.63) is 53.6 Å². The van der Waals surface area contributed by atoms with E-state index >= 15 is 0 Å². The lowest BCUT2D eigenvalue weighted by Gasteiger charge is -2.16. The molecule has 1 aliphatic heterocycles. The highest BCUT2D eigenvalue weighted by Crippen LogP contribution is 2.29. The van der Waals surface area contributed by atoms with Crippen LogP contribution < -0.4 is 9.47 Å². The SMILES string of the molecule is CN(CCCCCCCOc1ccc2c(c1)OCC2=O)Cc1cccc(O)c1. The largest absolute Gasteiger partial charge is 0.508 e. The minimum atomic E-state index is 0.0362. The van der Waals surface area contributed by atoms with Crippen LogP contribution in [0.3, 0.4) is 0 Å². The van der Waals surface area contributed by atoms with Gasteiger partial charge in [0.05, 0.1) is 12.2 Å². The number of ketones is 1. The van der Waals surface area contributed by atoms with Gasteiger partial charge in [-0.1, -0.05) is 31.4 Å². The van der Waals surface area contributed by atoms with Gasteiger partial charge in [0, 0.05) is 12.6 Å². The third-order valence-corrected chi connectivity index (χ3v) is 4.93. The minimum Gasteiger partial charge on any atom is -0.508 e. The number of hydrogen-bond acceptors (Lipinski definition) is 5. The second-order valence-electron chi connectivity index (χ2n) is 7.39. The molecule has 0 aromatic heterocycles. The van der Waals surface area contributed by atoms with Crippen molar-refractivity contribution >= 4 is 5.78 Å². The molecule has 1 N–H and O–H groups in total. The van der Waals surface area contributed by atoms with Crippen molar-refractivity contribution in [1.29, 1.82) is 0 Å². The van der Waals surface area contributed by atoms with E-state index < -0.39 is 0 Å². The van der Waals surface area contributed by atoms with Gasteiger partial charge in [0.25, 0.3) is 0 Å². The Morgan fingerprint density at radius 3 is 2.75 bits per heavy atom. The van der Waals surface area contributed by atoms with E-state index in [1.54, 1.807) is 12.1 Å². The van der Waals surface area contributed by atoms with Gasteiger partial charge in [-0.2, -0.15) is 0 Å². The summed E-state index contributed by atoms with van der Waals surface area (Å²) < 4.78 is 11.1. The molecule has 0 unspecified atom stereocenters. The van der Waals surface area contributed by atoms with Crippen LogP contribution in [-0.2, 0) is 6.54 Å². The van der Waals surface area contributed by atoms with Crippen molar-refractivity contribution < 1.29 is 19.4 Å². The lowest BCUT2D eigenvalue weighted by atomic mass is 10.1. The smallest absolute Gasteiger partial charge is 0.203 e. The Balaban J connectivity index is 1.22. The van der Waals surface area contributed by atoms with Crippen molar-refractivity contribution in [3.63, 3.8) is 0 Å². The molecular formula is C23H29NO4. The predicted molar refractivity (Wildman–Crippen MR) is 109 cm³/mol. The van der Waals surface area contributed by atoms with E-state index in [2.05, 4.69) is 11.9 Å². The number of rotatable bonds is 11. The first-order valence-electron chi connectivity index (χ1n) is 10.0. The summed E-state index contributed by atoms with van der Waals surface area (Å²) in [5, 5.41) is 9.52. The molecule has 5 heteroatoms. The van der Waals surface area contributed by atoms with Crippen LogP contribution in [0.5, 0.6) is 17.2 Å². The molecule has 0 amide bonds. The number of phenolic OH excluding ortho intramolecular Hbond substituents is 1. The number of aromatic hydroxyl groups is 1. The first-order chi connectivity index (χ1) is 13.6. The molecule has 0 saturated carbocycles. The molecule has 3 rings (SSSR count). The van der Waals surface area contributed by atoms with Gasteiger partial charge in [0.15, 0.2) is 6.61 Å². The summed E-state index contributed by atoms with van der Waals surface area (Å²) >= 11 is 0. The number of carbonyl (C=O) groups excluding carboxylic acids is 1. The summed E-state index contributed by atoms with van der Waals surface area (Å²) in [6.07, 6.45) is 5.75. The molecule has 0 saturated heterocycles. The number of Topliss-reactive ketones (excluding diaryl/α,β-unsaturated/α-hetero) is 1. The van der Waals surface area contributed by atoms with Crippen LogP contribution in [-0.4, -0.2) is 42.6 Å². The van der Waals surface area contributed by atoms with Crippen molar-refractivity contribution in [2.75, 3.05) is 26.8 Å². The highest BCUT2D eigenvalue weighted by molar-refractivity contribution is 6.02. The molecule has 0 bridgehead atoms. The quantitative estimate of drug-likeness (QED) is 0.582. The molecule has 0 fully saturated rings. The molecule has 1 heterocycles. The molecule has 2 aromatic rings. The van der Waals surface area contributed by atoms with E-state index in [0.29, 0.717) is 23.7 Å². The Kier molecular flexibility index (Phi) is 7.31. The van der Waals surface area contributed by atoms with Gasteiger partial charge >= 0.3 is 0 Å². The zero-order valence-corrected chi connectivity index (χ0v) is 16.5. The zero-order valence-electron chi connectivity index (χ0n) is 16.5. The lowest BCUT2D eigenvalue weighted by Crippen LogP contribution is -2.18. The van der Waals surface area contributed by atoms with Crippen LogP contribution >= 0.6 is 0 Å². The van der Waals surface area contributed by atoms with Crippen LogP contribution in [0.15, 0.2) is 42.5 Å². The highest BCUT2D eigenvalue weighted by Gasteiger charge is 2.21. The number of benzene rings is 2. The first-order valence-corrected chi connectivity index (χ1v) is 10.0. The number of nitrogens with zero attached hydrogens (tertiary/aromatic N) is 1. The Morgan fingerprint density at radius 1 is 1.07 bits per heavy atom. The predicted octanol–water partition coefficient (Wildman–Crippen LogP) is 4.43. The highest BCUT2D eigenvalue weighted by atomic mass is 16.5. The second kappa shape index (κ2) is 10.1. The van der Waals surface area contributed by atoms with Gasteiger partial charge in [0.1, 0.15) is 17.2 Å². The fourth-order valence-corrected chi connectivity index (χ4v) is 3.41. The second-order valence-corrected chi connectivity index (χ2v) is 7.39. The minimum absolute atomic E-state index is 0.0362. The van der Waals surface area contributed by atoms with Crippen LogP contribution in [0.4, 0.5) is 0 Å². The third kappa shape index (κ3) is 5.99. The van der Waals surface area contributed by atoms with Gasteiger partial charge in [0.2, 0.25) is 5.78 Å². The maximum atomic E-state index is 11.5. The van der Waals surface area contributed by atoms with Crippen LogP contribution in [0.1, 0.15) is 48.0 Å². The number of fused-ring (bicyclic) bond motifs is 1. The number of phenols is 1. The van der Waals surface area contributed by atoms with E-state index in [1.807, 2.05) is 30.3 Å². The third-order valence-electron chi connectivity index (χ3n) is 4.93. The number of hydrogen-bond donors (Lipinski definition) is 1. The van der Waals surface area contributed by atoms with Crippen molar-refractivity contribution in [3.8, 4) is 17.2 Å². The molecule has 0 aliphatic carbocycles. The van der Waals surface area contributed by atoms with Crippen LogP contribution in [0, 0.1) is 0 Å². The fraction of sp³-hybridized carbons (Fsp3) is 0.435. The summed E-state index contributed by atoms with van der Waals surface area (Å²) in [6.45, 7) is 2.74. The molecule has 0 spiro atoms. The molecule has 150 valence electrons. The summed E-state index contributed by atoms with van der Waals surface area (Å²) in [7, 11) is 2.12. The zero-order chi connectivity index (χ0) is 19.8. The Labute approximate surface area is 166 Å². The fourth-order valence-electron chi connectivity index (χ4n) is 3.41. The van der Waals surface area contributed by atoms with Gasteiger partial charge in [-0.3, -0.25) is 4.79 Å². The van der Waals surface area contributed by atoms with Gasteiger partial charge in [-0.05, 0) is 56.3 Å². The molecule has 0 radical (unpaired) electrons. The molecular weight excluding hydrogens is 354 g/mol. The monoisotopic (exact) mass is 383 g/mol. The van der Waals surface area contributed by atoms with Crippen LogP contribution in [0.2, 0.25) is 0 Å². The van der Waals surface area contributed by atoms with Gasteiger partial charge in [-0.25, -0.2) is 0 Å². The summed E-state index contributed by atoms with van der Waals surface area (Å²) in [6, 6.07) is 12.9. The topological polar surface area (TPSA) is 59.0 Å². The molecule has 2 aromatic carbocycles. The van der Waals surface area contributed by atoms with Crippen LogP contribution in [0.25, 0.3) is 0 Å². The number of ether oxygens (including phenoxy) is 2. The van der Waals surface area contributed by atoms with Crippen molar-refractivity contribution in [2.24, 2.45) is 0 Å². The van der Waals surface area contributed by atoms with E-state index in [1.165, 1.54) is 19.3 Å². The molecule has 5 nitrogen and oxygen atoms in total. The lowest BCUT2D eigenvalue weighted by molar-refractivity contribution is 0.0961. The van der Waals surface area contributed by atoms with E-state index in [9.17, 15) is 9.90 Å². The summed E-state index contributed by atoms with van der Waals surface area (Å²) in [4.78, 5) is 13.8. The van der Waals surface area contributed by atoms with E-state index in [-0.39, 0.29) is 12.4 Å². The maximum Gasteiger partial charge on any atom is 0.203 e. The Bertz CT molecular complexity index is 790. The molecule has 1 aliphatic rings. The number of unbranched alkanes of at least 4 members (excludes halogenated alkanes) is 4. The molecule has 28 heavy (non-hydrogen) atoms. The number of carbonyl (C=O) groups is 1. The normalized spacial score (nSPS) is 12.9. The Morgan fingerprint density at radius 2 is 1.89 bits per heavy atom. The Hall–Kier alpha value is -2.53. The average molecular weight is 383 g/mol. The molecule has 0 atom stereocenters. The van der Waals surface area contributed by atoms with Gasteiger partial charge < -0.3 is 19.5 Å². The van der Waals surface area contributed by atoms with E-state index in [4.69, 9.17) is 9.47 Å². The standard InChI is InChI=1S/C23H29NO4/c1-24(16-18-8-7-9-19(25)14-18)12-5-3-2-4-6-13-27-20-10-11-21-22(26)17-28-23(21)15-20/h7-11,14-15,25H,2-6,12-13,16-17H2,1H3. The summed E-state index contributed by atoms with van der Waals surface area (Å²) in [5.74, 6) is 1.77. The van der Waals surface area contributed by atoms with Crippen molar-refractivity contribution in [1.82, 2.24) is 4.90 Å². The summed E-state index contributed by atoms with van der Waals surface area (Å²) in [5.41, 5.74) is 1.79.